The molecule has 1 aliphatic carbocycles. The first-order valence-electron chi connectivity index (χ1n) is 7.04. The van der Waals surface area contributed by atoms with Gasteiger partial charge in [0.2, 0.25) is 0 Å². The van der Waals surface area contributed by atoms with E-state index < -0.39 is 0 Å². The first-order valence-corrected chi connectivity index (χ1v) is 7.42. The molecule has 3 heteroatoms. The zero-order chi connectivity index (χ0) is 13.2. The molecular formula is C16H19ClN2. The molecule has 1 heterocycles. The van der Waals surface area contributed by atoms with Gasteiger partial charge in [0.25, 0.3) is 0 Å². The van der Waals surface area contributed by atoms with Crippen molar-refractivity contribution in [3.05, 3.63) is 35.4 Å². The Labute approximate surface area is 119 Å². The normalized spacial score (nSPS) is 23.5. The topological polar surface area (TPSA) is 24.9 Å². The molecule has 2 unspecified atom stereocenters. The summed E-state index contributed by atoms with van der Waals surface area (Å²) in [7, 11) is 0. The number of fused-ring (bicyclic) bond motifs is 1. The number of nitrogens with zero attached hydrogens (tertiary/aromatic N) is 1. The molecule has 2 aromatic rings. The van der Waals surface area contributed by atoms with E-state index in [1.54, 1.807) is 0 Å². The average molecular weight is 275 g/mol. The third-order valence-electron chi connectivity index (χ3n) is 3.96. The quantitative estimate of drug-likeness (QED) is 0.844. The molecule has 0 bridgehead atoms. The van der Waals surface area contributed by atoms with Gasteiger partial charge >= 0.3 is 0 Å². The van der Waals surface area contributed by atoms with Crippen molar-refractivity contribution in [2.45, 2.75) is 38.6 Å². The highest BCUT2D eigenvalue weighted by atomic mass is 35.5. The molecule has 100 valence electrons. The van der Waals surface area contributed by atoms with E-state index in [0.29, 0.717) is 6.04 Å². The van der Waals surface area contributed by atoms with E-state index in [9.17, 15) is 0 Å². The molecule has 1 aromatic heterocycles. The Balaban J connectivity index is 1.83. The molecule has 0 aliphatic heterocycles. The summed E-state index contributed by atoms with van der Waals surface area (Å²) in [5.41, 5.74) is 0.887. The SMILES string of the molecule is CC1CCCC(Nc2ccc3cccc(Cl)c3n2)C1. The van der Waals surface area contributed by atoms with Crippen LogP contribution in [-0.4, -0.2) is 11.0 Å². The van der Waals surface area contributed by atoms with Crippen molar-refractivity contribution in [3.63, 3.8) is 0 Å². The highest BCUT2D eigenvalue weighted by molar-refractivity contribution is 6.35. The maximum absolute atomic E-state index is 6.20. The lowest BCUT2D eigenvalue weighted by Gasteiger charge is -2.27. The minimum absolute atomic E-state index is 0.552. The van der Waals surface area contributed by atoms with Gasteiger partial charge in [0.15, 0.2) is 0 Å². The Bertz CT molecular complexity index is 582. The van der Waals surface area contributed by atoms with Gasteiger partial charge in [0.05, 0.1) is 10.5 Å². The molecule has 0 saturated heterocycles. The van der Waals surface area contributed by atoms with E-state index in [2.05, 4.69) is 29.4 Å². The predicted molar refractivity (Wildman–Crippen MR) is 81.8 cm³/mol. The largest absolute Gasteiger partial charge is 0.367 e. The number of halogens is 1. The lowest BCUT2D eigenvalue weighted by Crippen LogP contribution is -2.26. The molecular weight excluding hydrogens is 256 g/mol. The molecule has 3 rings (SSSR count). The minimum atomic E-state index is 0.552. The van der Waals surface area contributed by atoms with Crippen molar-refractivity contribution < 1.29 is 0 Å². The molecule has 19 heavy (non-hydrogen) atoms. The van der Waals surface area contributed by atoms with Crippen LogP contribution in [0.1, 0.15) is 32.6 Å². The third kappa shape index (κ3) is 2.84. The van der Waals surface area contributed by atoms with Crippen molar-refractivity contribution in [1.29, 1.82) is 0 Å². The second-order valence-electron chi connectivity index (χ2n) is 5.62. The van der Waals surface area contributed by atoms with Gasteiger partial charge in [-0.15, -0.1) is 0 Å². The van der Waals surface area contributed by atoms with Gasteiger partial charge in [-0.2, -0.15) is 0 Å². The van der Waals surface area contributed by atoms with E-state index in [1.165, 1.54) is 25.7 Å². The molecule has 1 aliphatic rings. The molecule has 2 nitrogen and oxygen atoms in total. The Hall–Kier alpha value is -1.28. The van der Waals surface area contributed by atoms with Crippen LogP contribution in [0.15, 0.2) is 30.3 Å². The van der Waals surface area contributed by atoms with E-state index in [0.717, 1.165) is 27.7 Å². The lowest BCUT2D eigenvalue weighted by molar-refractivity contribution is 0.358. The smallest absolute Gasteiger partial charge is 0.126 e. The van der Waals surface area contributed by atoms with Crippen LogP contribution in [0.3, 0.4) is 0 Å². The predicted octanol–water partition coefficient (Wildman–Crippen LogP) is 4.88. The van der Waals surface area contributed by atoms with Crippen LogP contribution in [0.25, 0.3) is 10.9 Å². The standard InChI is InChI=1S/C16H19ClN2/c1-11-4-2-6-13(10-11)18-15-9-8-12-5-3-7-14(17)16(12)19-15/h3,5,7-9,11,13H,2,4,6,10H2,1H3,(H,18,19). The fourth-order valence-corrected chi connectivity index (χ4v) is 3.19. The molecule has 0 radical (unpaired) electrons. The average Bonchev–Trinajstić information content (AvgIpc) is 2.40. The van der Waals surface area contributed by atoms with Gasteiger partial charge in [-0.1, -0.05) is 43.5 Å². The second kappa shape index (κ2) is 5.38. The van der Waals surface area contributed by atoms with Crippen LogP contribution in [0.2, 0.25) is 5.02 Å². The molecule has 0 amide bonds. The zero-order valence-corrected chi connectivity index (χ0v) is 12.0. The van der Waals surface area contributed by atoms with Crippen molar-refractivity contribution in [3.8, 4) is 0 Å². The summed E-state index contributed by atoms with van der Waals surface area (Å²) in [6.45, 7) is 2.33. The highest BCUT2D eigenvalue weighted by Crippen LogP contribution is 2.27. The lowest BCUT2D eigenvalue weighted by atomic mass is 9.87. The van der Waals surface area contributed by atoms with Gasteiger partial charge in [-0.25, -0.2) is 4.98 Å². The van der Waals surface area contributed by atoms with Crippen LogP contribution in [0.5, 0.6) is 0 Å². The molecule has 2 atom stereocenters. The number of benzene rings is 1. The minimum Gasteiger partial charge on any atom is -0.367 e. The first kappa shape index (κ1) is 12.7. The Morgan fingerprint density at radius 3 is 2.95 bits per heavy atom. The summed E-state index contributed by atoms with van der Waals surface area (Å²) in [5, 5.41) is 5.37. The van der Waals surface area contributed by atoms with Crippen molar-refractivity contribution in [2.24, 2.45) is 5.92 Å². The molecule has 0 spiro atoms. The molecule has 1 N–H and O–H groups in total. The molecule has 1 aromatic carbocycles. The maximum atomic E-state index is 6.20. The first-order chi connectivity index (χ1) is 9.22. The van der Waals surface area contributed by atoms with Crippen LogP contribution in [0, 0.1) is 5.92 Å². The maximum Gasteiger partial charge on any atom is 0.126 e. The van der Waals surface area contributed by atoms with Crippen LogP contribution >= 0.6 is 11.6 Å². The summed E-state index contributed by atoms with van der Waals surface area (Å²) in [5.74, 6) is 1.76. The van der Waals surface area contributed by atoms with Crippen molar-refractivity contribution in [2.75, 3.05) is 5.32 Å². The van der Waals surface area contributed by atoms with Crippen LogP contribution < -0.4 is 5.32 Å². The van der Waals surface area contributed by atoms with Crippen LogP contribution in [-0.2, 0) is 0 Å². The van der Waals surface area contributed by atoms with Crippen molar-refractivity contribution in [1.82, 2.24) is 4.98 Å². The Morgan fingerprint density at radius 1 is 1.21 bits per heavy atom. The van der Waals surface area contributed by atoms with E-state index in [-0.39, 0.29) is 0 Å². The molecule has 1 saturated carbocycles. The van der Waals surface area contributed by atoms with Gasteiger partial charge in [-0.05, 0) is 37.0 Å². The third-order valence-corrected chi connectivity index (χ3v) is 4.26. The van der Waals surface area contributed by atoms with Crippen LogP contribution in [0.4, 0.5) is 5.82 Å². The van der Waals surface area contributed by atoms with Gasteiger partial charge in [0.1, 0.15) is 5.82 Å². The van der Waals surface area contributed by atoms with Gasteiger partial charge in [-0.3, -0.25) is 0 Å². The highest BCUT2D eigenvalue weighted by Gasteiger charge is 2.18. The van der Waals surface area contributed by atoms with Crippen molar-refractivity contribution >= 4 is 28.3 Å². The van der Waals surface area contributed by atoms with E-state index >= 15 is 0 Å². The number of pyridine rings is 1. The number of hydrogen-bond donors (Lipinski definition) is 1. The number of nitrogens with one attached hydrogen (secondary N) is 1. The Kier molecular flexibility index (Phi) is 3.61. The summed E-state index contributed by atoms with van der Waals surface area (Å²) in [6, 6.07) is 10.6. The number of anilines is 1. The summed E-state index contributed by atoms with van der Waals surface area (Å²) < 4.78 is 0. The fourth-order valence-electron chi connectivity index (χ4n) is 2.97. The fraction of sp³-hybridized carbons (Fsp3) is 0.438. The van der Waals surface area contributed by atoms with E-state index in [1.807, 2.05) is 18.2 Å². The monoisotopic (exact) mass is 274 g/mol. The zero-order valence-electron chi connectivity index (χ0n) is 11.2. The molecule has 1 fully saturated rings. The number of para-hydroxylation sites is 1. The number of rotatable bonds is 2. The summed E-state index contributed by atoms with van der Waals surface area (Å²) >= 11 is 6.20. The second-order valence-corrected chi connectivity index (χ2v) is 6.03. The van der Waals surface area contributed by atoms with E-state index in [4.69, 9.17) is 11.6 Å². The van der Waals surface area contributed by atoms with Gasteiger partial charge < -0.3 is 5.32 Å². The Morgan fingerprint density at radius 2 is 2.11 bits per heavy atom. The summed E-state index contributed by atoms with van der Waals surface area (Å²) in [4.78, 5) is 4.65. The number of aromatic nitrogens is 1. The van der Waals surface area contributed by atoms with Gasteiger partial charge in [0, 0.05) is 11.4 Å². The number of hydrogen-bond acceptors (Lipinski definition) is 2. The summed E-state index contributed by atoms with van der Waals surface area (Å²) in [6.07, 6.45) is 5.15.